The van der Waals surface area contributed by atoms with Gasteiger partial charge in [-0.2, -0.15) is 0 Å². The topological polar surface area (TPSA) is 34.0 Å². The summed E-state index contributed by atoms with van der Waals surface area (Å²) in [5.74, 6) is 0. The van der Waals surface area contributed by atoms with Crippen molar-refractivity contribution in [2.24, 2.45) is 0 Å². The van der Waals surface area contributed by atoms with Crippen LogP contribution in [0.2, 0.25) is 5.02 Å². The van der Waals surface area contributed by atoms with Gasteiger partial charge in [-0.1, -0.05) is 17.7 Å². The van der Waals surface area contributed by atoms with Gasteiger partial charge in [0.05, 0.1) is 5.69 Å². The van der Waals surface area contributed by atoms with E-state index in [1.54, 1.807) is 30.5 Å². The van der Waals surface area contributed by atoms with E-state index in [0.717, 1.165) is 5.69 Å². The van der Waals surface area contributed by atoms with Crippen LogP contribution in [0.3, 0.4) is 0 Å². The molecule has 2 rings (SSSR count). The van der Waals surface area contributed by atoms with Gasteiger partial charge in [0.15, 0.2) is 0 Å². The molecule has 1 aromatic carbocycles. The summed E-state index contributed by atoms with van der Waals surface area (Å²) in [7, 11) is 0. The lowest BCUT2D eigenvalue weighted by molar-refractivity contribution is 0.900. The number of nitrogens with one attached hydrogen (secondary N) is 1. The van der Waals surface area contributed by atoms with Crippen LogP contribution in [-0.4, -0.2) is 4.68 Å². The van der Waals surface area contributed by atoms with Crippen LogP contribution in [0.4, 0.5) is 5.69 Å². The Morgan fingerprint density at radius 1 is 1.07 bits per heavy atom. The standard InChI is InChI=1S/C11H9ClN2O/c12-9-4-6-10(7-5-9)13-14-8-2-1-3-11(14)15/h1-8,13H. The largest absolute Gasteiger partial charge is 0.292 e. The number of rotatable bonds is 2. The molecule has 0 fully saturated rings. The van der Waals surface area contributed by atoms with Gasteiger partial charge in [0.25, 0.3) is 5.56 Å². The molecule has 0 spiro atoms. The van der Waals surface area contributed by atoms with E-state index in [9.17, 15) is 4.79 Å². The van der Waals surface area contributed by atoms with Crippen LogP contribution in [0.5, 0.6) is 0 Å². The van der Waals surface area contributed by atoms with Gasteiger partial charge in [0, 0.05) is 17.3 Å². The Labute approximate surface area is 91.9 Å². The van der Waals surface area contributed by atoms with Crippen molar-refractivity contribution in [3.05, 3.63) is 64.0 Å². The zero-order chi connectivity index (χ0) is 10.7. The number of nitrogens with zero attached hydrogens (tertiary/aromatic N) is 1. The Morgan fingerprint density at radius 3 is 2.47 bits per heavy atom. The first-order chi connectivity index (χ1) is 7.25. The highest BCUT2D eigenvalue weighted by atomic mass is 35.5. The average Bonchev–Trinajstić information content (AvgIpc) is 2.25. The molecule has 0 aliphatic heterocycles. The second-order valence-electron chi connectivity index (χ2n) is 3.03. The molecule has 1 heterocycles. The molecule has 0 saturated heterocycles. The molecule has 0 bridgehead atoms. The molecule has 1 N–H and O–H groups in total. The van der Waals surface area contributed by atoms with Gasteiger partial charge in [-0.3, -0.25) is 10.2 Å². The number of hydrogen-bond donors (Lipinski definition) is 1. The molecule has 0 amide bonds. The minimum atomic E-state index is -0.104. The summed E-state index contributed by atoms with van der Waals surface area (Å²) >= 11 is 5.75. The Hall–Kier alpha value is -1.74. The molecular weight excluding hydrogens is 212 g/mol. The highest BCUT2D eigenvalue weighted by Crippen LogP contribution is 2.12. The van der Waals surface area contributed by atoms with Crippen LogP contribution >= 0.6 is 11.6 Å². The predicted octanol–water partition coefficient (Wildman–Crippen LogP) is 2.38. The summed E-state index contributed by atoms with van der Waals surface area (Å²) < 4.78 is 1.41. The van der Waals surface area contributed by atoms with E-state index in [0.29, 0.717) is 5.02 Å². The van der Waals surface area contributed by atoms with E-state index >= 15 is 0 Å². The van der Waals surface area contributed by atoms with Gasteiger partial charge >= 0.3 is 0 Å². The van der Waals surface area contributed by atoms with Crippen LogP contribution < -0.4 is 11.0 Å². The Balaban J connectivity index is 2.26. The van der Waals surface area contributed by atoms with Crippen molar-refractivity contribution in [1.29, 1.82) is 0 Å². The molecule has 0 saturated carbocycles. The molecule has 2 aromatic rings. The molecule has 76 valence electrons. The zero-order valence-corrected chi connectivity index (χ0v) is 8.61. The Kier molecular flexibility index (Phi) is 2.74. The second-order valence-corrected chi connectivity index (χ2v) is 3.46. The first-order valence-electron chi connectivity index (χ1n) is 4.46. The third-order valence-electron chi connectivity index (χ3n) is 1.92. The fourth-order valence-corrected chi connectivity index (χ4v) is 1.31. The lowest BCUT2D eigenvalue weighted by Crippen LogP contribution is -2.24. The van der Waals surface area contributed by atoms with Crippen LogP contribution in [0, 0.1) is 0 Å². The molecule has 15 heavy (non-hydrogen) atoms. The summed E-state index contributed by atoms with van der Waals surface area (Å²) in [6.45, 7) is 0. The van der Waals surface area contributed by atoms with Gasteiger partial charge in [0.2, 0.25) is 0 Å². The third kappa shape index (κ3) is 2.39. The zero-order valence-electron chi connectivity index (χ0n) is 7.85. The highest BCUT2D eigenvalue weighted by molar-refractivity contribution is 6.30. The SMILES string of the molecule is O=c1ccccn1Nc1ccc(Cl)cc1. The summed E-state index contributed by atoms with van der Waals surface area (Å²) in [6, 6.07) is 12.1. The van der Waals surface area contributed by atoms with Crippen molar-refractivity contribution in [3.63, 3.8) is 0 Å². The molecule has 4 heteroatoms. The van der Waals surface area contributed by atoms with Crippen molar-refractivity contribution >= 4 is 17.3 Å². The normalized spacial score (nSPS) is 9.93. The quantitative estimate of drug-likeness (QED) is 0.843. The molecule has 0 unspecified atom stereocenters. The maximum Gasteiger partial charge on any atom is 0.269 e. The number of hydrogen-bond acceptors (Lipinski definition) is 2. The highest BCUT2D eigenvalue weighted by Gasteiger charge is 1.94. The Morgan fingerprint density at radius 2 is 1.80 bits per heavy atom. The Bertz CT molecular complexity index is 504. The first kappa shape index (κ1) is 9.80. The number of aromatic nitrogens is 1. The van der Waals surface area contributed by atoms with E-state index in [1.165, 1.54) is 10.7 Å². The fourth-order valence-electron chi connectivity index (χ4n) is 1.18. The third-order valence-corrected chi connectivity index (χ3v) is 2.17. The van der Waals surface area contributed by atoms with Crippen molar-refractivity contribution in [3.8, 4) is 0 Å². The minimum absolute atomic E-state index is 0.104. The predicted molar refractivity (Wildman–Crippen MR) is 61.2 cm³/mol. The summed E-state index contributed by atoms with van der Waals surface area (Å²) in [4.78, 5) is 11.4. The van der Waals surface area contributed by atoms with E-state index in [2.05, 4.69) is 5.43 Å². The summed E-state index contributed by atoms with van der Waals surface area (Å²) in [6.07, 6.45) is 1.66. The second kappa shape index (κ2) is 4.19. The molecule has 1 aromatic heterocycles. The van der Waals surface area contributed by atoms with Crippen molar-refractivity contribution in [1.82, 2.24) is 4.68 Å². The van der Waals surface area contributed by atoms with Gasteiger partial charge < -0.3 is 0 Å². The average molecular weight is 221 g/mol. The lowest BCUT2D eigenvalue weighted by atomic mass is 10.3. The van der Waals surface area contributed by atoms with E-state index in [1.807, 2.05) is 12.1 Å². The summed E-state index contributed by atoms with van der Waals surface area (Å²) in [5.41, 5.74) is 3.65. The van der Waals surface area contributed by atoms with E-state index in [4.69, 9.17) is 11.6 Å². The molecule has 0 aliphatic carbocycles. The van der Waals surface area contributed by atoms with Gasteiger partial charge in [-0.05, 0) is 30.3 Å². The molecule has 0 atom stereocenters. The smallest absolute Gasteiger partial charge is 0.269 e. The van der Waals surface area contributed by atoms with E-state index < -0.39 is 0 Å². The summed E-state index contributed by atoms with van der Waals surface area (Å²) in [5, 5.41) is 0.668. The number of halogens is 1. The monoisotopic (exact) mass is 220 g/mol. The van der Waals surface area contributed by atoms with Crippen molar-refractivity contribution < 1.29 is 0 Å². The van der Waals surface area contributed by atoms with Crippen LogP contribution in [-0.2, 0) is 0 Å². The maximum atomic E-state index is 11.4. The van der Waals surface area contributed by atoms with E-state index in [-0.39, 0.29) is 5.56 Å². The number of anilines is 1. The molecule has 0 radical (unpaired) electrons. The number of pyridine rings is 1. The fraction of sp³-hybridized carbons (Fsp3) is 0. The van der Waals surface area contributed by atoms with Gasteiger partial charge in [0.1, 0.15) is 0 Å². The number of benzene rings is 1. The lowest BCUT2D eigenvalue weighted by Gasteiger charge is -2.08. The molecular formula is C11H9ClN2O. The molecule has 3 nitrogen and oxygen atoms in total. The van der Waals surface area contributed by atoms with Crippen LogP contribution in [0.15, 0.2) is 53.5 Å². The molecule has 0 aliphatic rings. The first-order valence-corrected chi connectivity index (χ1v) is 4.84. The van der Waals surface area contributed by atoms with Crippen molar-refractivity contribution in [2.45, 2.75) is 0 Å². The van der Waals surface area contributed by atoms with Gasteiger partial charge in [-0.15, -0.1) is 0 Å². The van der Waals surface area contributed by atoms with Crippen LogP contribution in [0.25, 0.3) is 0 Å². The van der Waals surface area contributed by atoms with Crippen molar-refractivity contribution in [2.75, 3.05) is 5.43 Å². The minimum Gasteiger partial charge on any atom is -0.292 e. The van der Waals surface area contributed by atoms with Crippen LogP contribution in [0.1, 0.15) is 0 Å². The maximum absolute atomic E-state index is 11.4. The van der Waals surface area contributed by atoms with Gasteiger partial charge in [-0.25, -0.2) is 4.68 Å².